The lowest BCUT2D eigenvalue weighted by Gasteiger charge is -2.25. The third-order valence-electron chi connectivity index (χ3n) is 4.14. The summed E-state index contributed by atoms with van der Waals surface area (Å²) in [7, 11) is -3.69. The van der Waals surface area contributed by atoms with Crippen LogP contribution in [-0.4, -0.2) is 32.7 Å². The van der Waals surface area contributed by atoms with Crippen molar-refractivity contribution in [1.29, 1.82) is 0 Å². The van der Waals surface area contributed by atoms with Crippen molar-refractivity contribution in [3.05, 3.63) is 46.0 Å². The molecule has 0 aliphatic carbocycles. The number of rotatable bonds is 6. The molecule has 28 heavy (non-hydrogen) atoms. The molecule has 0 bridgehead atoms. The second-order valence-corrected chi connectivity index (χ2v) is 7.67. The first-order valence-corrected chi connectivity index (χ1v) is 9.87. The summed E-state index contributed by atoms with van der Waals surface area (Å²) in [5.74, 6) is 0.483. The van der Waals surface area contributed by atoms with E-state index in [4.69, 9.17) is 24.0 Å². The summed E-state index contributed by atoms with van der Waals surface area (Å²) in [5.41, 5.74) is 7.43. The zero-order chi connectivity index (χ0) is 19.7. The van der Waals surface area contributed by atoms with Crippen LogP contribution in [0.15, 0.2) is 29.3 Å². The second-order valence-electron chi connectivity index (χ2n) is 6.07. The molecule has 1 unspecified atom stereocenters. The minimum Gasteiger partial charge on any atom is -0.404 e. The highest BCUT2D eigenvalue weighted by Gasteiger charge is 2.34. The fraction of sp³-hybridized carbons (Fsp3) is 0.312. The van der Waals surface area contributed by atoms with Gasteiger partial charge >= 0.3 is 7.82 Å². The number of aryl methyl sites for hydroxylation is 1. The van der Waals surface area contributed by atoms with E-state index >= 15 is 0 Å². The third-order valence-corrected chi connectivity index (χ3v) is 5.51. The van der Waals surface area contributed by atoms with E-state index in [1.54, 1.807) is 6.07 Å². The van der Waals surface area contributed by atoms with Crippen LogP contribution in [0.5, 0.6) is 5.75 Å². The Bertz CT molecular complexity index is 1130. The van der Waals surface area contributed by atoms with Gasteiger partial charge in [-0.3, -0.25) is 23.4 Å². The average molecular weight is 407 g/mol. The molecule has 11 nitrogen and oxygen atoms in total. The molecule has 1 atom stereocenters. The highest BCUT2D eigenvalue weighted by molar-refractivity contribution is 7.49. The number of imidazole rings is 1. The number of aromatic nitrogens is 4. The van der Waals surface area contributed by atoms with Gasteiger partial charge in [0.25, 0.3) is 5.56 Å². The Morgan fingerprint density at radius 3 is 3.11 bits per heavy atom. The highest BCUT2D eigenvalue weighted by Crippen LogP contribution is 2.54. The summed E-state index contributed by atoms with van der Waals surface area (Å²) in [6.45, 7) is 2.23. The number of nitrogens with zero attached hydrogens (tertiary/aromatic N) is 3. The Labute approximate surface area is 159 Å². The number of aromatic amines is 1. The smallest absolute Gasteiger partial charge is 0.404 e. The van der Waals surface area contributed by atoms with Crippen molar-refractivity contribution in [3.63, 3.8) is 0 Å². The van der Waals surface area contributed by atoms with Gasteiger partial charge in [0.1, 0.15) is 12.5 Å². The Hall–Kier alpha value is -2.72. The quantitative estimate of drug-likeness (QED) is 0.461. The van der Waals surface area contributed by atoms with Gasteiger partial charge in [-0.1, -0.05) is 12.1 Å². The maximum absolute atomic E-state index is 12.5. The van der Waals surface area contributed by atoms with Crippen molar-refractivity contribution >= 4 is 24.9 Å². The predicted octanol–water partition coefficient (Wildman–Crippen LogP) is 1.72. The first-order chi connectivity index (χ1) is 13.5. The number of nitrogen functional groups attached to an aromatic ring is 1. The first-order valence-electron chi connectivity index (χ1n) is 8.41. The number of phosphoric ester groups is 1. The number of fused-ring (bicyclic) bond motifs is 2. The van der Waals surface area contributed by atoms with E-state index in [-0.39, 0.29) is 38.0 Å². The standard InChI is InChI=1S/C16H18N5O6P/c1-10-3-2-4-12-11(10)7-26-28(23,27-12)25-6-5-24-9-21-8-18-13-14(21)19-16(17)20-15(13)22/h2-4,8H,5-7,9H2,1H3,(H3,17,19,20,22). The zero-order valence-corrected chi connectivity index (χ0v) is 15.8. The highest BCUT2D eigenvalue weighted by atomic mass is 31.2. The Morgan fingerprint density at radius 1 is 1.39 bits per heavy atom. The van der Waals surface area contributed by atoms with Crippen LogP contribution in [0.4, 0.5) is 5.95 Å². The summed E-state index contributed by atoms with van der Waals surface area (Å²) in [4.78, 5) is 22.1. The molecule has 0 radical (unpaired) electrons. The van der Waals surface area contributed by atoms with Gasteiger partial charge < -0.3 is 15.0 Å². The van der Waals surface area contributed by atoms with Gasteiger partial charge in [-0.25, -0.2) is 9.55 Å². The van der Waals surface area contributed by atoms with E-state index in [9.17, 15) is 9.36 Å². The fourth-order valence-electron chi connectivity index (χ4n) is 2.74. The number of ether oxygens (including phenoxy) is 1. The molecular weight excluding hydrogens is 389 g/mol. The molecule has 0 fully saturated rings. The van der Waals surface area contributed by atoms with Gasteiger partial charge in [-0.05, 0) is 18.6 Å². The minimum atomic E-state index is -3.69. The van der Waals surface area contributed by atoms with Gasteiger partial charge in [-0.15, -0.1) is 0 Å². The Balaban J connectivity index is 1.31. The second kappa shape index (κ2) is 7.36. The van der Waals surface area contributed by atoms with Crippen LogP contribution in [0.3, 0.4) is 0 Å². The summed E-state index contributed by atoms with van der Waals surface area (Å²) in [5, 5.41) is 0. The lowest BCUT2D eigenvalue weighted by atomic mass is 10.1. The molecule has 148 valence electrons. The summed E-state index contributed by atoms with van der Waals surface area (Å²) in [6.07, 6.45) is 1.42. The number of hydrogen-bond donors (Lipinski definition) is 2. The summed E-state index contributed by atoms with van der Waals surface area (Å²) >= 11 is 0. The molecule has 4 rings (SSSR count). The molecule has 1 aromatic carbocycles. The van der Waals surface area contributed by atoms with Gasteiger partial charge in [-0.2, -0.15) is 4.98 Å². The van der Waals surface area contributed by atoms with Crippen LogP contribution in [0.1, 0.15) is 11.1 Å². The van der Waals surface area contributed by atoms with Crippen LogP contribution in [-0.2, 0) is 31.7 Å². The molecule has 0 amide bonds. The maximum Gasteiger partial charge on any atom is 0.530 e. The van der Waals surface area contributed by atoms with Gasteiger partial charge in [0.05, 0.1) is 26.1 Å². The Morgan fingerprint density at radius 2 is 2.25 bits per heavy atom. The van der Waals surface area contributed by atoms with Crippen LogP contribution in [0, 0.1) is 6.92 Å². The normalized spacial score (nSPS) is 18.8. The molecular formula is C16H18N5O6P. The van der Waals surface area contributed by atoms with Crippen molar-refractivity contribution in [3.8, 4) is 5.75 Å². The molecule has 2 aromatic heterocycles. The maximum atomic E-state index is 12.5. The minimum absolute atomic E-state index is 0.0113. The van der Waals surface area contributed by atoms with Crippen LogP contribution >= 0.6 is 7.82 Å². The van der Waals surface area contributed by atoms with Crippen molar-refractivity contribution in [2.75, 3.05) is 18.9 Å². The van der Waals surface area contributed by atoms with Gasteiger partial charge in [0, 0.05) is 5.56 Å². The molecule has 1 aliphatic rings. The molecule has 3 aromatic rings. The van der Waals surface area contributed by atoms with E-state index in [1.165, 1.54) is 10.9 Å². The fourth-order valence-corrected chi connectivity index (χ4v) is 3.91. The van der Waals surface area contributed by atoms with E-state index < -0.39 is 13.4 Å². The SMILES string of the molecule is Cc1cccc2c1COP(=O)(OCCOCn1cnc3c(=O)[nH]c(N)nc31)O2. The predicted molar refractivity (Wildman–Crippen MR) is 98.7 cm³/mol. The monoisotopic (exact) mass is 407 g/mol. The van der Waals surface area contributed by atoms with E-state index in [1.807, 2.05) is 19.1 Å². The van der Waals surface area contributed by atoms with Crippen LogP contribution in [0.25, 0.3) is 11.2 Å². The van der Waals surface area contributed by atoms with Crippen molar-refractivity contribution < 1.29 is 22.9 Å². The van der Waals surface area contributed by atoms with E-state index in [0.29, 0.717) is 11.4 Å². The lowest BCUT2D eigenvalue weighted by molar-refractivity contribution is 0.0414. The number of nitrogens with two attached hydrogens (primary N) is 1. The molecule has 0 spiro atoms. The number of hydrogen-bond acceptors (Lipinski definition) is 9. The summed E-state index contributed by atoms with van der Waals surface area (Å²) in [6, 6.07) is 5.46. The average Bonchev–Trinajstić information content (AvgIpc) is 3.04. The number of nitrogens with one attached hydrogen (secondary N) is 1. The molecule has 3 heterocycles. The summed E-state index contributed by atoms with van der Waals surface area (Å²) < 4.78 is 35.5. The zero-order valence-electron chi connectivity index (χ0n) is 15.0. The molecule has 12 heteroatoms. The topological polar surface area (TPSA) is 144 Å². The van der Waals surface area contributed by atoms with Crippen molar-refractivity contribution in [2.24, 2.45) is 0 Å². The molecule has 1 aliphatic heterocycles. The van der Waals surface area contributed by atoms with Crippen LogP contribution < -0.4 is 15.8 Å². The molecule has 0 saturated carbocycles. The molecule has 0 saturated heterocycles. The van der Waals surface area contributed by atoms with E-state index in [2.05, 4.69) is 15.0 Å². The van der Waals surface area contributed by atoms with Gasteiger partial charge in [0.15, 0.2) is 11.2 Å². The number of anilines is 1. The molecule has 3 N–H and O–H groups in total. The number of H-pyrrole nitrogens is 1. The van der Waals surface area contributed by atoms with Crippen LogP contribution in [0.2, 0.25) is 0 Å². The lowest BCUT2D eigenvalue weighted by Crippen LogP contribution is -2.14. The Kier molecular flexibility index (Phi) is 4.90. The first kappa shape index (κ1) is 18.6. The van der Waals surface area contributed by atoms with Crippen molar-refractivity contribution in [2.45, 2.75) is 20.3 Å². The van der Waals surface area contributed by atoms with E-state index in [0.717, 1.165) is 11.1 Å². The number of benzene rings is 1. The van der Waals surface area contributed by atoms with Gasteiger partial charge in [0.2, 0.25) is 5.95 Å². The van der Waals surface area contributed by atoms with Crippen molar-refractivity contribution in [1.82, 2.24) is 19.5 Å². The largest absolute Gasteiger partial charge is 0.530 e. The third kappa shape index (κ3) is 3.65. The number of phosphoric acid groups is 1.